The van der Waals surface area contributed by atoms with Crippen LogP contribution in [0.5, 0.6) is 0 Å². The van der Waals surface area contributed by atoms with E-state index in [0.29, 0.717) is 24.3 Å². The summed E-state index contributed by atoms with van der Waals surface area (Å²) in [7, 11) is -7.07. The zero-order chi connectivity index (χ0) is 54.8. The molecule has 4 aromatic carbocycles. The van der Waals surface area contributed by atoms with Gasteiger partial charge in [-0.05, 0) is 83.3 Å². The van der Waals surface area contributed by atoms with Gasteiger partial charge < -0.3 is 14.6 Å². The van der Waals surface area contributed by atoms with Crippen molar-refractivity contribution in [2.24, 2.45) is 0 Å². The van der Waals surface area contributed by atoms with Gasteiger partial charge >= 0.3 is 12.4 Å². The number of anilines is 2. The number of ether oxygens (including phenoxy) is 2. The van der Waals surface area contributed by atoms with Crippen LogP contribution in [0.25, 0.3) is 0 Å². The molecule has 0 fully saturated rings. The first kappa shape index (κ1) is 60.1. The summed E-state index contributed by atoms with van der Waals surface area (Å²) in [6, 6.07) is 18.1. The highest BCUT2D eigenvalue weighted by Crippen LogP contribution is 2.41. The molecule has 18 nitrogen and oxygen atoms in total. The van der Waals surface area contributed by atoms with Gasteiger partial charge in [0.25, 0.3) is 31.4 Å². The maximum Gasteiger partial charge on any atom is 0.417 e. The Kier molecular flexibility index (Phi) is 20.7. The Balaban J connectivity index is 0.000000273. The highest BCUT2D eigenvalue weighted by molar-refractivity contribution is 14.1. The van der Waals surface area contributed by atoms with Crippen LogP contribution in [0.4, 0.5) is 49.1 Å². The van der Waals surface area contributed by atoms with Gasteiger partial charge in [-0.15, -0.1) is 0 Å². The fourth-order valence-electron chi connectivity index (χ4n) is 6.00. The molecule has 2 aromatic heterocycles. The Labute approximate surface area is 443 Å². The van der Waals surface area contributed by atoms with Crippen LogP contribution in [0.2, 0.25) is 20.1 Å². The van der Waals surface area contributed by atoms with Crippen molar-refractivity contribution in [1.82, 2.24) is 9.97 Å². The molecule has 1 unspecified atom stereocenters. The highest BCUT2D eigenvalue weighted by Gasteiger charge is 2.38. The van der Waals surface area contributed by atoms with E-state index in [0.717, 1.165) is 62.0 Å². The van der Waals surface area contributed by atoms with E-state index in [4.69, 9.17) is 55.9 Å². The summed E-state index contributed by atoms with van der Waals surface area (Å²) >= 11 is 24.9. The molecule has 6 aromatic rings. The van der Waals surface area contributed by atoms with Crippen LogP contribution in [0.15, 0.2) is 119 Å². The zero-order valence-corrected chi connectivity index (χ0v) is 43.4. The Hall–Kier alpha value is -5.50. The summed E-state index contributed by atoms with van der Waals surface area (Å²) in [5.74, 6) is 0. The third kappa shape index (κ3) is 14.8. The number of methoxy groups -OCH3 is 2. The fraction of sp³-hybridized carbons (Fsp3) is 0.167. The van der Waals surface area contributed by atoms with E-state index in [1.165, 1.54) is 31.4 Å². The normalized spacial score (nSPS) is 12.1. The van der Waals surface area contributed by atoms with Gasteiger partial charge in [-0.2, -0.15) is 26.3 Å². The van der Waals surface area contributed by atoms with Gasteiger partial charge in [-0.1, -0.05) is 70.7 Å². The van der Waals surface area contributed by atoms with Crippen LogP contribution in [0, 0.1) is 23.8 Å². The number of aliphatic hydroxyl groups is 1. The van der Waals surface area contributed by atoms with Crippen molar-refractivity contribution in [3.8, 4) is 0 Å². The summed E-state index contributed by atoms with van der Waals surface area (Å²) in [6.45, 7) is -1.33. The Morgan fingerprint density at radius 1 is 0.685 bits per heavy atom. The number of halogens is 11. The molecule has 0 saturated heterocycles. The lowest BCUT2D eigenvalue weighted by Gasteiger charge is -2.27. The second kappa shape index (κ2) is 25.2. The first-order valence-corrected chi connectivity index (χ1v) is 24.8. The predicted molar refractivity (Wildman–Crippen MR) is 263 cm³/mol. The molecule has 0 radical (unpaired) electrons. The van der Waals surface area contributed by atoms with Gasteiger partial charge in [-0.3, -0.25) is 30.0 Å². The second-order valence-electron chi connectivity index (χ2n) is 14.0. The number of aldehydes is 1. The molecule has 73 heavy (non-hydrogen) atoms. The van der Waals surface area contributed by atoms with E-state index in [1.807, 2.05) is 22.6 Å². The number of aromatic nitrogens is 2. The molecule has 0 spiro atoms. The van der Waals surface area contributed by atoms with Crippen molar-refractivity contribution in [1.29, 1.82) is 0 Å². The van der Waals surface area contributed by atoms with Crippen LogP contribution < -0.4 is 8.61 Å². The third-order valence-corrected chi connectivity index (χ3v) is 14.7. The van der Waals surface area contributed by atoms with Gasteiger partial charge in [0.05, 0.1) is 77.1 Å². The largest absolute Gasteiger partial charge is 0.417 e. The average molecular weight is 1260 g/mol. The molecule has 0 bridgehead atoms. The number of pyridine rings is 2. The molecule has 0 aliphatic heterocycles. The zero-order valence-electron chi connectivity index (χ0n) is 36.6. The Morgan fingerprint density at radius 3 is 1.53 bits per heavy atom. The van der Waals surface area contributed by atoms with Gasteiger partial charge in [0.15, 0.2) is 6.29 Å². The number of carbonyl (C=O) groups excluding carboxylic acids is 1. The Morgan fingerprint density at radius 2 is 1.11 bits per heavy atom. The molecular weight excluding hydrogens is 1230 g/mol. The smallest absolute Gasteiger partial charge is 0.382 e. The monoisotopic (exact) mass is 1260 g/mol. The minimum absolute atomic E-state index is 0.0130. The van der Waals surface area contributed by atoms with Gasteiger partial charge in [0, 0.05) is 38.7 Å². The lowest BCUT2D eigenvalue weighted by atomic mass is 10.0. The first-order chi connectivity index (χ1) is 34.0. The van der Waals surface area contributed by atoms with Gasteiger partial charge in [0.2, 0.25) is 0 Å². The van der Waals surface area contributed by atoms with Crippen molar-refractivity contribution in [2.45, 2.75) is 28.2 Å². The average Bonchev–Trinajstić information content (AvgIpc) is 3.32. The maximum atomic E-state index is 13.5. The quantitative estimate of drug-likeness (QED) is 0.0251. The number of para-hydroxylation sites is 2. The molecule has 0 amide bonds. The van der Waals surface area contributed by atoms with Crippen molar-refractivity contribution in [2.75, 3.05) is 36.3 Å². The van der Waals surface area contributed by atoms with Crippen molar-refractivity contribution < 1.29 is 72.4 Å². The van der Waals surface area contributed by atoms with Crippen molar-refractivity contribution in [3.05, 3.63) is 181 Å². The van der Waals surface area contributed by atoms with E-state index in [2.05, 4.69) is 9.97 Å². The Bertz CT molecular complexity index is 3240. The molecule has 0 aliphatic carbocycles. The van der Waals surface area contributed by atoms with Gasteiger partial charge in [0.1, 0.15) is 25.3 Å². The number of rotatable bonds is 15. The molecule has 390 valence electrons. The number of nitro groups is 2. The second-order valence-corrected chi connectivity index (χ2v) is 20.6. The first-order valence-electron chi connectivity index (χ1n) is 19.4. The summed E-state index contributed by atoms with van der Waals surface area (Å²) in [4.78, 5) is 37.9. The molecular formula is C42H31Cl4F6IN6O12S2. The molecule has 0 aliphatic rings. The molecule has 1 atom stereocenters. The summed E-state index contributed by atoms with van der Waals surface area (Å²) in [5, 5.41) is 31.2. The molecule has 31 heteroatoms. The van der Waals surface area contributed by atoms with Crippen molar-refractivity contribution in [3.63, 3.8) is 0 Å². The minimum atomic E-state index is -4.94. The maximum absolute atomic E-state index is 13.5. The lowest BCUT2D eigenvalue weighted by molar-refractivity contribution is -0.386. The number of alkyl halides is 6. The van der Waals surface area contributed by atoms with E-state index in [1.54, 1.807) is 18.2 Å². The van der Waals surface area contributed by atoms with E-state index in [-0.39, 0.29) is 55.3 Å². The van der Waals surface area contributed by atoms with Crippen LogP contribution in [-0.4, -0.2) is 75.7 Å². The van der Waals surface area contributed by atoms with E-state index >= 15 is 0 Å². The summed E-state index contributed by atoms with van der Waals surface area (Å²) in [6.07, 6.45) is -9.15. The standard InChI is InChI=1S/C21H16Cl2F3N3O6S.C15H11Cl2F3N2O4S.C6H4INO2/c1-35-11-28(36(33,34)13-6-7-16(23)15(9-13)21(24,25)26)18-8-12(22)10-27-19(18)20(30)14-4-2-3-5-17(14)29(31)32;1-26-8-22(14-4-9(16)6-21-13(14)7-23)27(24,25)10-2-3-12(17)11(5-10)15(18,19)20;7-5-3-1-2-4-6(5)8(9)10/h2-10,20,30H,11H2,1H3;2-7H,8H2,1H3;1-4H. The van der Waals surface area contributed by atoms with Crippen molar-refractivity contribution >= 4 is 118 Å². The number of hydrogen-bond donors (Lipinski definition) is 1. The molecule has 0 saturated carbocycles. The summed E-state index contributed by atoms with van der Waals surface area (Å²) < 4.78 is 144. The molecule has 6 rings (SSSR count). The SMILES string of the molecule is COCN(c1cc(Cl)cnc1C(O)c1ccccc1[N+](=O)[O-])S(=O)(=O)c1ccc(Cl)c(C(F)(F)F)c1.COCN(c1cc(Cl)cnc1C=O)S(=O)(=O)c1ccc(Cl)c(C(F)(F)F)c1.O=[N+]([O-])c1ccccc1I. The van der Waals surface area contributed by atoms with Crippen LogP contribution in [-0.2, 0) is 41.9 Å². The van der Waals surface area contributed by atoms with Crippen LogP contribution in [0.3, 0.4) is 0 Å². The molecule has 2 heterocycles. The van der Waals surface area contributed by atoms with E-state index < -0.39 is 93.5 Å². The number of benzene rings is 4. The fourth-order valence-corrected chi connectivity index (χ4v) is 10.2. The van der Waals surface area contributed by atoms with E-state index in [9.17, 15) is 73.3 Å². The number of carbonyl (C=O) groups is 1. The number of nitro benzene ring substituents is 2. The summed E-state index contributed by atoms with van der Waals surface area (Å²) in [5.41, 5.74) is -4.50. The highest BCUT2D eigenvalue weighted by atomic mass is 127. The number of hydrogen-bond acceptors (Lipinski definition) is 14. The van der Waals surface area contributed by atoms with Crippen LogP contribution >= 0.6 is 69.0 Å². The lowest BCUT2D eigenvalue weighted by Crippen LogP contribution is -2.34. The number of sulfonamides is 2. The van der Waals surface area contributed by atoms with Crippen LogP contribution in [0.1, 0.15) is 39.0 Å². The topological polar surface area (TPSA) is 243 Å². The minimum Gasteiger partial charge on any atom is -0.382 e. The van der Waals surface area contributed by atoms with Gasteiger partial charge in [-0.25, -0.2) is 30.4 Å². The third-order valence-electron chi connectivity index (χ3n) is 9.27. The molecule has 1 N–H and O–H groups in total. The predicted octanol–water partition coefficient (Wildman–Crippen LogP) is 11.4. The number of aliphatic hydroxyl groups excluding tert-OH is 1. The number of nitrogens with zero attached hydrogens (tertiary/aromatic N) is 6.